The molecule has 0 radical (unpaired) electrons. The van der Waals surface area contributed by atoms with E-state index in [9.17, 15) is 4.79 Å². The van der Waals surface area contributed by atoms with Crippen molar-refractivity contribution in [1.82, 2.24) is 9.80 Å². The molecule has 2 aliphatic rings. The van der Waals surface area contributed by atoms with E-state index in [1.54, 1.807) is 14.0 Å². The monoisotopic (exact) mass is 322 g/mol. The number of aryl methyl sites for hydroxylation is 1. The first-order chi connectivity index (χ1) is 10.5. The molecule has 0 aliphatic carbocycles. The van der Waals surface area contributed by atoms with E-state index in [4.69, 9.17) is 4.74 Å². The van der Waals surface area contributed by atoms with Gasteiger partial charge in [0.05, 0.1) is 6.61 Å². The van der Waals surface area contributed by atoms with Crippen molar-refractivity contribution in [2.24, 2.45) is 11.3 Å². The van der Waals surface area contributed by atoms with Crippen LogP contribution in [-0.2, 0) is 16.1 Å². The van der Waals surface area contributed by atoms with Gasteiger partial charge < -0.3 is 9.64 Å². The Morgan fingerprint density at radius 3 is 2.95 bits per heavy atom. The molecule has 3 rings (SSSR count). The second kappa shape index (κ2) is 6.30. The molecule has 0 N–H and O–H groups in total. The van der Waals surface area contributed by atoms with Gasteiger partial charge in [-0.05, 0) is 42.8 Å². The first-order valence-electron chi connectivity index (χ1n) is 8.04. The molecule has 2 aliphatic heterocycles. The van der Waals surface area contributed by atoms with E-state index in [0.29, 0.717) is 5.92 Å². The highest BCUT2D eigenvalue weighted by Gasteiger charge is 2.50. The molecule has 5 heteroatoms. The third kappa shape index (κ3) is 2.94. The van der Waals surface area contributed by atoms with E-state index in [-0.39, 0.29) is 11.3 Å². The topological polar surface area (TPSA) is 32.8 Å². The normalized spacial score (nSPS) is 28.9. The van der Waals surface area contributed by atoms with Crippen LogP contribution in [0.5, 0.6) is 0 Å². The van der Waals surface area contributed by atoms with Crippen molar-refractivity contribution in [3.63, 3.8) is 0 Å². The van der Waals surface area contributed by atoms with E-state index in [2.05, 4.69) is 23.3 Å². The van der Waals surface area contributed by atoms with Gasteiger partial charge in [-0.25, -0.2) is 0 Å². The Kier molecular flexibility index (Phi) is 4.57. The summed E-state index contributed by atoms with van der Waals surface area (Å²) in [6.07, 6.45) is 1.12. The maximum absolute atomic E-state index is 11.8. The van der Waals surface area contributed by atoms with E-state index >= 15 is 0 Å². The molecular formula is C17H26N2O2S. The standard InChI is InChI=1S/C17H26N2O2S/c1-13-4-7-22-16(13)10-18-6-5-17(12-21-3)11-19(14(2)20)9-15(17)8-18/h4,7,15H,5-6,8-12H2,1-3H3/t15-,17+/m1/s1. The molecule has 3 heterocycles. The second-order valence-corrected chi connectivity index (χ2v) is 7.90. The average Bonchev–Trinajstić information content (AvgIpc) is 3.04. The molecule has 4 nitrogen and oxygen atoms in total. The summed E-state index contributed by atoms with van der Waals surface area (Å²) in [7, 11) is 1.78. The van der Waals surface area contributed by atoms with Crippen LogP contribution >= 0.6 is 11.3 Å². The van der Waals surface area contributed by atoms with Crippen molar-refractivity contribution < 1.29 is 9.53 Å². The van der Waals surface area contributed by atoms with Gasteiger partial charge in [0.25, 0.3) is 0 Å². The van der Waals surface area contributed by atoms with Gasteiger partial charge in [-0.3, -0.25) is 9.69 Å². The minimum Gasteiger partial charge on any atom is -0.384 e. The van der Waals surface area contributed by atoms with E-state index < -0.39 is 0 Å². The molecule has 2 saturated heterocycles. The summed E-state index contributed by atoms with van der Waals surface area (Å²) in [4.78, 5) is 17.8. The fraction of sp³-hybridized carbons (Fsp3) is 0.706. The van der Waals surface area contributed by atoms with Gasteiger partial charge in [-0.15, -0.1) is 11.3 Å². The number of fused-ring (bicyclic) bond motifs is 1. The molecule has 0 aromatic carbocycles. The number of carbonyl (C=O) groups is 1. The smallest absolute Gasteiger partial charge is 0.219 e. The summed E-state index contributed by atoms with van der Waals surface area (Å²) in [5, 5.41) is 2.18. The first-order valence-corrected chi connectivity index (χ1v) is 8.92. The number of amides is 1. The van der Waals surface area contributed by atoms with Gasteiger partial charge in [0.15, 0.2) is 0 Å². The summed E-state index contributed by atoms with van der Waals surface area (Å²) in [5.74, 6) is 0.732. The molecule has 122 valence electrons. The minimum absolute atomic E-state index is 0.168. The highest BCUT2D eigenvalue weighted by molar-refractivity contribution is 7.10. The molecule has 22 heavy (non-hydrogen) atoms. The van der Waals surface area contributed by atoms with Crippen molar-refractivity contribution in [2.45, 2.75) is 26.8 Å². The molecule has 1 aromatic rings. The SMILES string of the molecule is COC[C@@]12CCN(Cc3sccc3C)C[C@@H]1CN(C(C)=O)C2. The molecule has 1 amide bonds. The van der Waals surface area contributed by atoms with Crippen molar-refractivity contribution in [3.05, 3.63) is 21.9 Å². The third-order valence-electron chi connectivity index (χ3n) is 5.43. The molecule has 1 aromatic heterocycles. The van der Waals surface area contributed by atoms with Crippen molar-refractivity contribution >= 4 is 17.2 Å². The van der Waals surface area contributed by atoms with Gasteiger partial charge in [0.1, 0.15) is 0 Å². The van der Waals surface area contributed by atoms with Gasteiger partial charge in [0, 0.05) is 50.5 Å². The third-order valence-corrected chi connectivity index (χ3v) is 6.44. The average molecular weight is 322 g/mol. The van der Waals surface area contributed by atoms with Gasteiger partial charge in [-0.1, -0.05) is 0 Å². The zero-order valence-corrected chi connectivity index (χ0v) is 14.6. The number of methoxy groups -OCH3 is 1. The molecule has 2 atom stereocenters. The van der Waals surface area contributed by atoms with Crippen LogP contribution in [0.3, 0.4) is 0 Å². The van der Waals surface area contributed by atoms with Gasteiger partial charge >= 0.3 is 0 Å². The van der Waals surface area contributed by atoms with Gasteiger partial charge in [0.2, 0.25) is 5.91 Å². The maximum atomic E-state index is 11.8. The number of thiophene rings is 1. The van der Waals surface area contributed by atoms with Crippen LogP contribution in [0.1, 0.15) is 23.8 Å². The number of ether oxygens (including phenoxy) is 1. The summed E-state index contributed by atoms with van der Waals surface area (Å²) in [6.45, 7) is 9.62. The Morgan fingerprint density at radius 2 is 2.32 bits per heavy atom. The number of carbonyl (C=O) groups excluding carboxylic acids is 1. The number of rotatable bonds is 4. The van der Waals surface area contributed by atoms with Crippen LogP contribution in [0.4, 0.5) is 0 Å². The highest BCUT2D eigenvalue weighted by Crippen LogP contribution is 2.43. The number of piperidine rings is 1. The lowest BCUT2D eigenvalue weighted by Crippen LogP contribution is -2.48. The largest absolute Gasteiger partial charge is 0.384 e. The minimum atomic E-state index is 0.168. The molecule has 0 spiro atoms. The predicted molar refractivity (Wildman–Crippen MR) is 89.0 cm³/mol. The molecule has 0 bridgehead atoms. The molecule has 0 unspecified atom stereocenters. The second-order valence-electron chi connectivity index (χ2n) is 6.90. The Bertz CT molecular complexity index is 545. The van der Waals surface area contributed by atoms with Crippen LogP contribution < -0.4 is 0 Å². The lowest BCUT2D eigenvalue weighted by Gasteiger charge is -2.43. The van der Waals surface area contributed by atoms with Gasteiger partial charge in [-0.2, -0.15) is 0 Å². The molecule has 0 saturated carbocycles. The van der Waals surface area contributed by atoms with Crippen LogP contribution in [0.15, 0.2) is 11.4 Å². The Morgan fingerprint density at radius 1 is 1.50 bits per heavy atom. The Labute approximate surface area is 137 Å². The summed E-state index contributed by atoms with van der Waals surface area (Å²) >= 11 is 1.85. The fourth-order valence-electron chi connectivity index (χ4n) is 4.03. The van der Waals surface area contributed by atoms with E-state index in [1.165, 1.54) is 10.4 Å². The summed E-state index contributed by atoms with van der Waals surface area (Å²) in [5.41, 5.74) is 1.57. The van der Waals surface area contributed by atoms with Crippen molar-refractivity contribution in [1.29, 1.82) is 0 Å². The number of hydrogen-bond donors (Lipinski definition) is 0. The highest BCUT2D eigenvalue weighted by atomic mass is 32.1. The van der Waals surface area contributed by atoms with Crippen LogP contribution in [0.2, 0.25) is 0 Å². The van der Waals surface area contributed by atoms with E-state index in [1.807, 2.05) is 16.2 Å². The first kappa shape index (κ1) is 16.0. The zero-order chi connectivity index (χ0) is 15.7. The fourth-order valence-corrected chi connectivity index (χ4v) is 4.97. The molecular weight excluding hydrogens is 296 g/mol. The quantitative estimate of drug-likeness (QED) is 0.853. The number of hydrogen-bond acceptors (Lipinski definition) is 4. The van der Waals surface area contributed by atoms with Crippen molar-refractivity contribution in [2.75, 3.05) is 39.9 Å². The van der Waals surface area contributed by atoms with Crippen molar-refractivity contribution in [3.8, 4) is 0 Å². The Balaban J connectivity index is 1.70. The molecule has 2 fully saturated rings. The van der Waals surface area contributed by atoms with Crippen LogP contribution in [-0.4, -0.2) is 55.6 Å². The summed E-state index contributed by atoms with van der Waals surface area (Å²) in [6, 6.07) is 2.20. The lowest BCUT2D eigenvalue weighted by atomic mass is 9.73. The summed E-state index contributed by atoms with van der Waals surface area (Å²) < 4.78 is 5.52. The Hall–Kier alpha value is -0.910. The zero-order valence-electron chi connectivity index (χ0n) is 13.8. The maximum Gasteiger partial charge on any atom is 0.219 e. The lowest BCUT2D eigenvalue weighted by molar-refractivity contribution is -0.128. The van der Waals surface area contributed by atoms with E-state index in [0.717, 1.165) is 45.8 Å². The van der Waals surface area contributed by atoms with Crippen LogP contribution in [0.25, 0.3) is 0 Å². The predicted octanol–water partition coefficient (Wildman–Crippen LogP) is 2.37. The number of nitrogens with zero attached hydrogens (tertiary/aromatic N) is 2. The number of likely N-dealkylation sites (tertiary alicyclic amines) is 2. The van der Waals surface area contributed by atoms with Crippen LogP contribution in [0, 0.1) is 18.3 Å².